The molecule has 0 radical (unpaired) electrons. The summed E-state index contributed by atoms with van der Waals surface area (Å²) in [4.78, 5) is 40.8. The molecule has 9 unspecified atom stereocenters. The van der Waals surface area contributed by atoms with E-state index in [0.717, 1.165) is 101 Å². The summed E-state index contributed by atoms with van der Waals surface area (Å²) >= 11 is 0. The Bertz CT molecular complexity index is 3800. The lowest BCUT2D eigenvalue weighted by Gasteiger charge is -2.34. The lowest BCUT2D eigenvalue weighted by atomic mass is 9.94. The van der Waals surface area contributed by atoms with E-state index in [0.29, 0.717) is 131 Å². The van der Waals surface area contributed by atoms with E-state index >= 15 is 0 Å². The molecule has 2 aromatic rings. The number of rotatable bonds is 64. The molecular weight excluding hydrogens is 1920 g/mol. The SMILES string of the molecule is [C-]#[N+]C(C)OC(C)OC(C)C.[C-]#[N+]C(C)OCOC(C)C.[C-]#[N+]CCOC(C)(C)OC(C)(C)CC.[C-]#[N+]CCOC(C)OCC.[C-]#[N+]CCOC(C)OCCC.[C-]#[N+]CCOC(OCCC)c1ccccc1.[C-]#[N+]CCOCOCCC.[C-]#[N+]COC(C)OCC.[C-]#[N+]COC(OCC)C(C)C.[C-]#[N+]COC(OCC)c1ccccc1.[C-]#[N+]COC1(OCC)CCCC1.[C-]#[N+]COC1(OCC)CCCCC1.[C-]#[N+]COCOCC. The first kappa shape index (κ1) is 157. The van der Waals surface area contributed by atoms with Crippen LogP contribution in [0.1, 0.15) is 294 Å². The highest BCUT2D eigenvalue weighted by Crippen LogP contribution is 2.35. The third-order valence-corrected chi connectivity index (χ3v) is 17.6. The highest BCUT2D eigenvalue weighted by Gasteiger charge is 2.37. The van der Waals surface area contributed by atoms with Crippen LogP contribution in [0.3, 0.4) is 0 Å². The molecular formula is C110H187N13O26. The summed E-state index contributed by atoms with van der Waals surface area (Å²) < 4.78 is 135. The van der Waals surface area contributed by atoms with E-state index in [-0.39, 0.29) is 110 Å². The molecule has 0 saturated heterocycles. The van der Waals surface area contributed by atoms with Gasteiger partial charge in [0.2, 0.25) is 32.7 Å². The molecule has 2 aliphatic carbocycles. The fourth-order valence-corrected chi connectivity index (χ4v) is 11.0. The first-order valence-electron chi connectivity index (χ1n) is 51.1. The first-order chi connectivity index (χ1) is 71.4. The van der Waals surface area contributed by atoms with Gasteiger partial charge in [-0.2, -0.15) is 0 Å². The minimum atomic E-state index is -0.607. The fourth-order valence-electron chi connectivity index (χ4n) is 11.0. The Labute approximate surface area is 899 Å². The number of nitrogens with zero attached hydrogens (tertiary/aromatic N) is 13. The largest absolute Gasteiger partial charge is 0.355 e. The Hall–Kier alpha value is -9.23. The summed E-state index contributed by atoms with van der Waals surface area (Å²) in [6, 6.07) is 19.4. The predicted molar refractivity (Wildman–Crippen MR) is 575 cm³/mol. The van der Waals surface area contributed by atoms with Gasteiger partial charge in [-0.1, -0.05) is 109 Å². The minimum absolute atomic E-state index is 0.0273. The van der Waals surface area contributed by atoms with Gasteiger partial charge < -0.3 is 109 Å². The highest BCUT2D eigenvalue weighted by molar-refractivity contribution is 5.17. The zero-order valence-corrected chi connectivity index (χ0v) is 95.3. The number of hydrogen-bond donors (Lipinski definition) is 0. The maximum atomic E-state index is 6.69. The minimum Gasteiger partial charge on any atom is -0.355 e. The summed E-state index contributed by atoms with van der Waals surface area (Å²) in [5.41, 5.74) is 1.76. The summed E-state index contributed by atoms with van der Waals surface area (Å²) in [6.45, 7) is 149. The van der Waals surface area contributed by atoms with E-state index in [1.54, 1.807) is 27.7 Å². The van der Waals surface area contributed by atoms with Crippen molar-refractivity contribution in [2.75, 3.05) is 193 Å². The normalized spacial score (nSPS) is 13.7. The topological polar surface area (TPSA) is 297 Å². The van der Waals surface area contributed by atoms with Gasteiger partial charge >= 0.3 is 52.8 Å². The predicted octanol–water partition coefficient (Wildman–Crippen LogP) is 25.3. The van der Waals surface area contributed by atoms with Gasteiger partial charge in [-0.05, 0) is 183 Å². The van der Waals surface area contributed by atoms with Crippen LogP contribution in [0.25, 0.3) is 63.0 Å². The molecule has 0 N–H and O–H groups in total. The Kier molecular flexibility index (Phi) is 127. The van der Waals surface area contributed by atoms with Gasteiger partial charge in [0.05, 0.1) is 17.8 Å². The molecule has 0 bridgehead atoms. The second-order valence-electron chi connectivity index (χ2n) is 32.4. The monoisotopic (exact) mass is 2110 g/mol. The van der Waals surface area contributed by atoms with Crippen molar-refractivity contribution in [3.05, 3.63) is 220 Å². The van der Waals surface area contributed by atoms with Gasteiger partial charge in [-0.15, -0.1) is 0 Å². The van der Waals surface area contributed by atoms with E-state index in [2.05, 4.69) is 81.6 Å². The van der Waals surface area contributed by atoms with Crippen molar-refractivity contribution < 1.29 is 123 Å². The third kappa shape index (κ3) is 119. The van der Waals surface area contributed by atoms with Crippen LogP contribution in [-0.4, -0.2) is 272 Å². The smallest absolute Gasteiger partial charge is 0.327 e. The maximum Gasteiger partial charge on any atom is 0.327 e. The quantitative estimate of drug-likeness (QED) is 0.0337. The van der Waals surface area contributed by atoms with Crippen LogP contribution in [0.4, 0.5) is 0 Å². The molecule has 149 heavy (non-hydrogen) atoms. The zero-order chi connectivity index (χ0) is 114. The van der Waals surface area contributed by atoms with Gasteiger partial charge in [-0.25, -0.2) is 85.4 Å². The first-order valence-corrected chi connectivity index (χ1v) is 51.1. The van der Waals surface area contributed by atoms with Gasteiger partial charge in [0.1, 0.15) is 39.8 Å². The molecule has 9 atom stereocenters. The van der Waals surface area contributed by atoms with Gasteiger partial charge in [-0.3, -0.25) is 76.7 Å². The van der Waals surface area contributed by atoms with Crippen LogP contribution in [0.2, 0.25) is 0 Å². The van der Waals surface area contributed by atoms with Crippen LogP contribution in [0.15, 0.2) is 60.7 Å². The second kappa shape index (κ2) is 121. The molecule has 0 amide bonds. The average molecular weight is 2110 g/mol. The van der Waals surface area contributed by atoms with Crippen LogP contribution < -0.4 is 0 Å². The van der Waals surface area contributed by atoms with Crippen molar-refractivity contribution in [2.24, 2.45) is 5.92 Å². The molecule has 848 valence electrons. The van der Waals surface area contributed by atoms with E-state index in [1.807, 2.05) is 206 Å². The van der Waals surface area contributed by atoms with Crippen molar-refractivity contribution in [1.29, 1.82) is 0 Å². The molecule has 2 aromatic carbocycles. The molecule has 2 aliphatic rings. The van der Waals surface area contributed by atoms with Crippen molar-refractivity contribution in [3.63, 3.8) is 0 Å². The van der Waals surface area contributed by atoms with E-state index in [1.165, 1.54) is 6.42 Å². The van der Waals surface area contributed by atoms with E-state index < -0.39 is 36.1 Å². The third-order valence-electron chi connectivity index (χ3n) is 17.6. The van der Waals surface area contributed by atoms with Crippen molar-refractivity contribution in [1.82, 2.24) is 0 Å². The summed E-state index contributed by atoms with van der Waals surface area (Å²) in [6.07, 6.45) is 11.1. The molecule has 39 heteroatoms. The highest BCUT2D eigenvalue weighted by atomic mass is 16.7. The number of hydrogen-bond acceptors (Lipinski definition) is 26. The van der Waals surface area contributed by atoms with Gasteiger partial charge in [0, 0.05) is 123 Å². The fraction of sp³-hybridized carbons (Fsp3) is 0.773. The van der Waals surface area contributed by atoms with Crippen molar-refractivity contribution in [2.45, 2.75) is 362 Å². The number of benzene rings is 2. The summed E-state index contributed by atoms with van der Waals surface area (Å²) in [7, 11) is 0. The van der Waals surface area contributed by atoms with Crippen LogP contribution >= 0.6 is 0 Å². The van der Waals surface area contributed by atoms with Gasteiger partial charge in [0.15, 0.2) is 75.0 Å². The van der Waals surface area contributed by atoms with E-state index in [4.69, 9.17) is 204 Å². The van der Waals surface area contributed by atoms with Crippen LogP contribution in [0.5, 0.6) is 0 Å². The Morgan fingerprint density at radius 1 is 0.295 bits per heavy atom. The molecule has 39 nitrogen and oxygen atoms in total. The van der Waals surface area contributed by atoms with Crippen molar-refractivity contribution in [3.8, 4) is 0 Å². The van der Waals surface area contributed by atoms with Crippen LogP contribution in [-0.2, 0) is 123 Å². The Balaban J connectivity index is -0.000000204. The average Bonchev–Trinajstić information content (AvgIpc) is 1.72. The Morgan fingerprint density at radius 2 is 0.678 bits per heavy atom. The maximum absolute atomic E-state index is 6.69. The zero-order valence-electron chi connectivity index (χ0n) is 95.3. The molecule has 0 aliphatic heterocycles. The Morgan fingerprint density at radius 3 is 1.08 bits per heavy atom. The van der Waals surface area contributed by atoms with Crippen LogP contribution in [0, 0.1) is 91.4 Å². The lowest BCUT2D eigenvalue weighted by molar-refractivity contribution is -0.260. The van der Waals surface area contributed by atoms with Crippen molar-refractivity contribution >= 4 is 0 Å². The lowest BCUT2D eigenvalue weighted by Crippen LogP contribution is -2.39. The molecule has 0 spiro atoms. The summed E-state index contributed by atoms with van der Waals surface area (Å²) in [5, 5.41) is 0. The molecule has 0 heterocycles. The number of ether oxygens (including phenoxy) is 26. The molecule has 4 rings (SSSR count). The van der Waals surface area contributed by atoms with E-state index in [9.17, 15) is 0 Å². The molecule has 2 saturated carbocycles. The standard InChI is InChI=1S/C13H17NO2.C11H13NO2.C11H21NO2.C10H17NO2.C9H15NO2.3C8H15NO2.3C7H13NO2.C6H11NO2.C5H9NO2/c1-3-10-15-13(16-11-9-14-2)12-7-5-4-6-8-12;1-3-13-11(14-9-12-2)10-7-5-4-6-8-10;1-7-10(2,3)14-11(4,5)13-9-8-12-6;1-3-12-10(13-9-11-2)7-5-4-6-8-10;1-3-11-9(12-8-10-2)6-4-5-7-9;1-6(2)10-8(4)11-7(3)9-5;1-5-10-8(7(2)3)11-6-9-4;1-4-6-10-8(2)11-7-5-9-3;1-6(2)9-5-10-7(3)8-4;1-4-9-7(2)10-6-5-8-3;1-3-5-9-7-10-6-4-8-2;1-4-8-6(2)9-5-7-3;1-3-7-5-8-4-6-2/h4-8,13H,3,9-11H2,1H3;4-8,11H,3,9H2,1H3;7-9H2,1-5H3;3-9H2,1H3;3-8H2,1H3;6-8H,1-4H3;7-8H,5-6H2,1-3H3;8H,4-7H2,1-2H3;6-7H,5H2,1-3H3;7H,4-6H2,1-2H3;3-7H2,1H3;6H,4-5H2,1-2H3;3-5H2,1H3. The van der Waals surface area contributed by atoms with Gasteiger partial charge in [0.25, 0.3) is 0 Å². The summed E-state index contributed by atoms with van der Waals surface area (Å²) in [5.74, 6) is -1.15. The molecule has 2 fully saturated rings. The second-order valence-corrected chi connectivity index (χ2v) is 32.4. The molecule has 0 aromatic heterocycles.